The quantitative estimate of drug-likeness (QED) is 0.173. The Labute approximate surface area is 355 Å². The monoisotopic (exact) mass is 835 g/mol. The van der Waals surface area contributed by atoms with Crippen LogP contribution in [0.5, 0.6) is 0 Å². The van der Waals surface area contributed by atoms with Crippen LogP contribution in [0.1, 0.15) is 113 Å². The Morgan fingerprint density at radius 2 is 1.32 bits per heavy atom. The first-order chi connectivity index (χ1) is 27.7. The molecule has 0 saturated carbocycles. The highest BCUT2D eigenvalue weighted by molar-refractivity contribution is 6.03. The SMILES string of the molecule is CC(C)(C)OC(=O)CN1C(=O)[C@H](N(C(=O)OC(C)(C)C)C(CCc2ccccc2)C(=O)O[C@@H]2C[C@@H](C(=O)OC(C)(C)C)CN(C(=O)OC(C)(C)C)C2)CCc2ccccc21. The minimum absolute atomic E-state index is 0.0167. The van der Waals surface area contributed by atoms with Gasteiger partial charge in [-0.15, -0.1) is 0 Å². The summed E-state index contributed by atoms with van der Waals surface area (Å²) in [4.78, 5) is 88.6. The molecule has 0 spiro atoms. The molecule has 0 N–H and O–H groups in total. The summed E-state index contributed by atoms with van der Waals surface area (Å²) < 4.78 is 29.2. The average Bonchev–Trinajstić information content (AvgIpc) is 3.23. The van der Waals surface area contributed by atoms with Crippen LogP contribution in [0, 0.1) is 5.92 Å². The van der Waals surface area contributed by atoms with Gasteiger partial charge in [0.05, 0.1) is 12.5 Å². The highest BCUT2D eigenvalue weighted by atomic mass is 16.6. The number of rotatable bonds is 10. The number of carbonyl (C=O) groups excluding carboxylic acids is 6. The Hall–Kier alpha value is -5.14. The number of likely N-dealkylation sites (tertiary alicyclic amines) is 1. The van der Waals surface area contributed by atoms with Gasteiger partial charge in [0.1, 0.15) is 47.1 Å². The van der Waals surface area contributed by atoms with Crippen LogP contribution in [0.15, 0.2) is 54.6 Å². The second-order valence-electron chi connectivity index (χ2n) is 19.5. The molecule has 1 saturated heterocycles. The highest BCUT2D eigenvalue weighted by Gasteiger charge is 2.47. The zero-order valence-corrected chi connectivity index (χ0v) is 37.5. The fraction of sp³-hybridized carbons (Fsp3) is 0.609. The summed E-state index contributed by atoms with van der Waals surface area (Å²) in [6.45, 7) is 20.1. The number of para-hydroxylation sites is 1. The maximum absolute atomic E-state index is 15.0. The molecular weight excluding hydrogens is 771 g/mol. The van der Waals surface area contributed by atoms with E-state index in [0.29, 0.717) is 18.5 Å². The van der Waals surface area contributed by atoms with Crippen molar-refractivity contribution in [1.29, 1.82) is 0 Å². The first-order valence-electron chi connectivity index (χ1n) is 20.8. The Balaban J connectivity index is 1.80. The smallest absolute Gasteiger partial charge is 0.411 e. The third-order valence-electron chi connectivity index (χ3n) is 9.41. The Kier molecular flexibility index (Phi) is 15.1. The predicted molar refractivity (Wildman–Crippen MR) is 225 cm³/mol. The van der Waals surface area contributed by atoms with E-state index in [1.807, 2.05) is 42.5 Å². The number of amides is 3. The van der Waals surface area contributed by atoms with Gasteiger partial charge in [0, 0.05) is 18.7 Å². The van der Waals surface area contributed by atoms with E-state index in [-0.39, 0.29) is 32.4 Å². The van der Waals surface area contributed by atoms with Crippen LogP contribution in [0.3, 0.4) is 0 Å². The summed E-state index contributed by atoms with van der Waals surface area (Å²) in [6, 6.07) is 13.9. The lowest BCUT2D eigenvalue weighted by atomic mass is 9.95. The van der Waals surface area contributed by atoms with Crippen molar-refractivity contribution in [3.63, 3.8) is 0 Å². The molecule has 14 nitrogen and oxygen atoms in total. The van der Waals surface area contributed by atoms with Crippen molar-refractivity contribution in [2.45, 2.75) is 156 Å². The van der Waals surface area contributed by atoms with Crippen molar-refractivity contribution in [2.24, 2.45) is 5.92 Å². The molecule has 2 aromatic rings. The van der Waals surface area contributed by atoms with E-state index in [2.05, 4.69) is 0 Å². The molecule has 330 valence electrons. The molecule has 4 rings (SSSR count). The molecule has 2 heterocycles. The number of aryl methyl sites for hydroxylation is 2. The summed E-state index contributed by atoms with van der Waals surface area (Å²) in [5.41, 5.74) is -1.42. The molecule has 14 heteroatoms. The zero-order valence-electron chi connectivity index (χ0n) is 37.5. The highest BCUT2D eigenvalue weighted by Crippen LogP contribution is 2.33. The van der Waals surface area contributed by atoms with Crippen LogP contribution in [0.4, 0.5) is 15.3 Å². The van der Waals surface area contributed by atoms with E-state index in [0.717, 1.165) is 16.0 Å². The van der Waals surface area contributed by atoms with Crippen molar-refractivity contribution in [3.8, 4) is 0 Å². The predicted octanol–water partition coefficient (Wildman–Crippen LogP) is 7.43. The van der Waals surface area contributed by atoms with Gasteiger partial charge in [-0.3, -0.25) is 24.2 Å². The largest absolute Gasteiger partial charge is 0.460 e. The van der Waals surface area contributed by atoms with Crippen molar-refractivity contribution < 1.29 is 52.5 Å². The fourth-order valence-electron chi connectivity index (χ4n) is 7.14. The molecule has 4 atom stereocenters. The van der Waals surface area contributed by atoms with Crippen LogP contribution in [0.25, 0.3) is 0 Å². The average molecular weight is 836 g/mol. The van der Waals surface area contributed by atoms with Crippen molar-refractivity contribution in [3.05, 3.63) is 65.7 Å². The molecule has 0 aromatic heterocycles. The third-order valence-corrected chi connectivity index (χ3v) is 9.41. The topological polar surface area (TPSA) is 158 Å². The summed E-state index contributed by atoms with van der Waals surface area (Å²) in [6.07, 6.45) is -1.88. The van der Waals surface area contributed by atoms with Crippen LogP contribution in [-0.2, 0) is 55.7 Å². The number of hydrogen-bond acceptors (Lipinski definition) is 11. The van der Waals surface area contributed by atoms with E-state index in [1.165, 1.54) is 9.80 Å². The second-order valence-corrected chi connectivity index (χ2v) is 19.5. The second kappa shape index (κ2) is 19.1. The van der Waals surface area contributed by atoms with Gasteiger partial charge in [0.25, 0.3) is 5.91 Å². The lowest BCUT2D eigenvalue weighted by molar-refractivity contribution is -0.170. The number of fused-ring (bicyclic) bond motifs is 1. The summed E-state index contributed by atoms with van der Waals surface area (Å²) >= 11 is 0. The lowest BCUT2D eigenvalue weighted by Gasteiger charge is -2.40. The van der Waals surface area contributed by atoms with Gasteiger partial charge in [-0.2, -0.15) is 0 Å². The standard InChI is InChI=1S/C46H65N3O11/c1-43(2,3)57-37(50)29-48-34-21-17-16-20-31(34)23-25-35(38(48)51)49(42(55)60-46(10,11)12)36(24-22-30-18-14-13-15-19-30)40(53)56-33-26-32(39(52)58-44(4,5)6)27-47(28-33)41(54)59-45(7,8)9/h13-21,32-33,35-36H,22-29H2,1-12H3/t32-,33-,35-,36?/m1/s1. The van der Waals surface area contributed by atoms with Gasteiger partial charge in [-0.1, -0.05) is 48.5 Å². The number of hydrogen-bond donors (Lipinski definition) is 0. The molecule has 2 aromatic carbocycles. The van der Waals surface area contributed by atoms with E-state index in [9.17, 15) is 28.8 Å². The van der Waals surface area contributed by atoms with Crippen molar-refractivity contribution in [1.82, 2.24) is 9.80 Å². The molecule has 0 bridgehead atoms. The van der Waals surface area contributed by atoms with Gasteiger partial charge in [-0.05, 0) is 126 Å². The first-order valence-corrected chi connectivity index (χ1v) is 20.8. The zero-order chi connectivity index (χ0) is 44.8. The normalized spacial score (nSPS) is 19.3. The van der Waals surface area contributed by atoms with E-state index >= 15 is 0 Å². The van der Waals surface area contributed by atoms with Crippen LogP contribution in [-0.4, -0.2) is 106 Å². The molecule has 1 fully saturated rings. The van der Waals surface area contributed by atoms with Gasteiger partial charge in [0.2, 0.25) is 0 Å². The molecule has 0 aliphatic carbocycles. The van der Waals surface area contributed by atoms with Gasteiger partial charge in [0.15, 0.2) is 0 Å². The Morgan fingerprint density at radius 1 is 0.733 bits per heavy atom. The molecule has 0 radical (unpaired) electrons. The lowest BCUT2D eigenvalue weighted by Crippen LogP contribution is -2.59. The maximum Gasteiger partial charge on any atom is 0.411 e. The van der Waals surface area contributed by atoms with E-state index in [1.54, 1.807) is 95.2 Å². The Morgan fingerprint density at radius 3 is 1.92 bits per heavy atom. The van der Waals surface area contributed by atoms with Crippen LogP contribution >= 0.6 is 0 Å². The number of nitrogens with zero attached hydrogens (tertiary/aromatic N) is 3. The van der Waals surface area contributed by atoms with Crippen molar-refractivity contribution >= 4 is 41.7 Å². The first kappa shape index (κ1) is 47.5. The maximum atomic E-state index is 15.0. The van der Waals surface area contributed by atoms with Gasteiger partial charge >= 0.3 is 30.1 Å². The number of ether oxygens (including phenoxy) is 5. The van der Waals surface area contributed by atoms with Gasteiger partial charge < -0.3 is 28.6 Å². The number of anilines is 1. The molecule has 60 heavy (non-hydrogen) atoms. The minimum atomic E-state index is -1.39. The number of carbonyl (C=O) groups is 6. The molecule has 1 unspecified atom stereocenters. The summed E-state index contributed by atoms with van der Waals surface area (Å²) in [7, 11) is 0. The van der Waals surface area contributed by atoms with Crippen LogP contribution < -0.4 is 4.90 Å². The summed E-state index contributed by atoms with van der Waals surface area (Å²) in [5, 5.41) is 0. The summed E-state index contributed by atoms with van der Waals surface area (Å²) in [5.74, 6) is -3.55. The Bertz CT molecular complexity index is 1820. The number of benzene rings is 2. The van der Waals surface area contributed by atoms with E-state index in [4.69, 9.17) is 23.7 Å². The molecular formula is C46H65N3O11. The molecule has 2 aliphatic rings. The van der Waals surface area contributed by atoms with Crippen LogP contribution in [0.2, 0.25) is 0 Å². The number of esters is 3. The number of piperidine rings is 1. The molecule has 2 aliphatic heterocycles. The third kappa shape index (κ3) is 14.3. The van der Waals surface area contributed by atoms with Crippen molar-refractivity contribution in [2.75, 3.05) is 24.5 Å². The minimum Gasteiger partial charge on any atom is -0.460 e. The fourth-order valence-corrected chi connectivity index (χ4v) is 7.14. The van der Waals surface area contributed by atoms with Gasteiger partial charge in [-0.25, -0.2) is 14.4 Å². The van der Waals surface area contributed by atoms with E-state index < -0.39 is 89.1 Å². The molecule has 3 amide bonds.